The second-order valence-corrected chi connectivity index (χ2v) is 8.08. The van der Waals surface area contributed by atoms with E-state index in [0.717, 1.165) is 62.0 Å². The van der Waals surface area contributed by atoms with Gasteiger partial charge in [-0.1, -0.05) is 6.07 Å². The predicted octanol–water partition coefficient (Wildman–Crippen LogP) is 2.99. The molecule has 1 aliphatic heterocycles. The summed E-state index contributed by atoms with van der Waals surface area (Å²) in [6, 6.07) is 11.5. The van der Waals surface area contributed by atoms with Gasteiger partial charge in [-0.3, -0.25) is 4.90 Å². The maximum Gasteiger partial charge on any atom is 0.213 e. The van der Waals surface area contributed by atoms with Gasteiger partial charge in [-0.25, -0.2) is 19.5 Å². The van der Waals surface area contributed by atoms with Crippen LogP contribution in [0.25, 0.3) is 17.0 Å². The molecule has 176 valence electrons. The summed E-state index contributed by atoms with van der Waals surface area (Å²) < 4.78 is 12.5. The van der Waals surface area contributed by atoms with Crippen LogP contribution in [0, 0.1) is 6.92 Å². The predicted molar refractivity (Wildman–Crippen MR) is 131 cm³/mol. The lowest BCUT2D eigenvalue weighted by Crippen LogP contribution is -2.39. The fourth-order valence-corrected chi connectivity index (χ4v) is 3.94. The molecule has 10 heteroatoms. The second-order valence-electron chi connectivity index (χ2n) is 8.08. The van der Waals surface area contributed by atoms with Gasteiger partial charge in [-0.05, 0) is 30.7 Å². The quantitative estimate of drug-likeness (QED) is 0.411. The molecule has 5 rings (SSSR count). The highest BCUT2D eigenvalue weighted by Gasteiger charge is 2.14. The van der Waals surface area contributed by atoms with Crippen molar-refractivity contribution in [2.24, 2.45) is 0 Å². The molecule has 1 saturated heterocycles. The van der Waals surface area contributed by atoms with Crippen molar-refractivity contribution in [3.8, 4) is 17.4 Å². The highest BCUT2D eigenvalue weighted by Crippen LogP contribution is 2.26. The Kier molecular flexibility index (Phi) is 6.50. The molecule has 0 spiro atoms. The smallest absolute Gasteiger partial charge is 0.213 e. The summed E-state index contributed by atoms with van der Waals surface area (Å²) in [6.07, 6.45) is 3.71. The monoisotopic (exact) mass is 460 g/mol. The van der Waals surface area contributed by atoms with Crippen LogP contribution in [0.5, 0.6) is 5.88 Å². The van der Waals surface area contributed by atoms with Crippen molar-refractivity contribution in [1.29, 1.82) is 0 Å². The van der Waals surface area contributed by atoms with Gasteiger partial charge in [0, 0.05) is 56.4 Å². The maximum atomic E-state index is 5.41. The lowest BCUT2D eigenvalue weighted by atomic mass is 10.3. The third-order valence-electron chi connectivity index (χ3n) is 5.74. The average molecular weight is 461 g/mol. The standard InChI is InChI=1S/C24H28N8O2/c1-17-7-10-32-22(17)24(29-23(30-32)19-4-3-5-21(28-19)33-2)27-18-6-8-25-20(16-18)26-9-11-31-12-14-34-15-13-31/h3-8,10,16H,9,11-15H2,1-2H3,(H2,25,26,27,29,30). The Labute approximate surface area is 198 Å². The summed E-state index contributed by atoms with van der Waals surface area (Å²) in [6.45, 7) is 7.36. The Bertz CT molecular complexity index is 1270. The van der Waals surface area contributed by atoms with Gasteiger partial charge in [0.25, 0.3) is 0 Å². The molecule has 1 aliphatic rings. The minimum absolute atomic E-state index is 0.502. The topological polar surface area (TPSA) is 102 Å². The van der Waals surface area contributed by atoms with E-state index in [1.54, 1.807) is 19.4 Å². The number of ether oxygens (including phenoxy) is 2. The Morgan fingerprint density at radius 3 is 2.85 bits per heavy atom. The second kappa shape index (κ2) is 10.0. The fourth-order valence-electron chi connectivity index (χ4n) is 3.94. The Morgan fingerprint density at radius 1 is 1.12 bits per heavy atom. The van der Waals surface area contributed by atoms with Gasteiger partial charge >= 0.3 is 0 Å². The molecule has 0 bridgehead atoms. The van der Waals surface area contributed by atoms with Crippen LogP contribution in [0.15, 0.2) is 48.8 Å². The number of hydrogen-bond acceptors (Lipinski definition) is 9. The van der Waals surface area contributed by atoms with E-state index < -0.39 is 0 Å². The Hall–Kier alpha value is -3.76. The summed E-state index contributed by atoms with van der Waals surface area (Å²) in [7, 11) is 1.59. The van der Waals surface area contributed by atoms with Crippen molar-refractivity contribution in [2.45, 2.75) is 6.92 Å². The Balaban J connectivity index is 1.37. The van der Waals surface area contributed by atoms with Gasteiger partial charge in [-0.2, -0.15) is 0 Å². The number of fused-ring (bicyclic) bond motifs is 1. The van der Waals surface area contributed by atoms with E-state index in [-0.39, 0.29) is 0 Å². The van der Waals surface area contributed by atoms with Gasteiger partial charge in [0.2, 0.25) is 11.7 Å². The molecule has 5 heterocycles. The van der Waals surface area contributed by atoms with Gasteiger partial charge in [0.05, 0.1) is 20.3 Å². The first-order chi connectivity index (χ1) is 16.7. The van der Waals surface area contributed by atoms with Gasteiger partial charge in [0.1, 0.15) is 17.0 Å². The minimum atomic E-state index is 0.502. The van der Waals surface area contributed by atoms with E-state index >= 15 is 0 Å². The average Bonchev–Trinajstić information content (AvgIpc) is 3.26. The number of nitrogens with zero attached hydrogens (tertiary/aromatic N) is 6. The summed E-state index contributed by atoms with van der Waals surface area (Å²) in [4.78, 5) is 16.1. The van der Waals surface area contributed by atoms with Crippen LogP contribution in [0.2, 0.25) is 0 Å². The number of aryl methyl sites for hydroxylation is 1. The van der Waals surface area contributed by atoms with Crippen LogP contribution in [-0.2, 0) is 4.74 Å². The van der Waals surface area contributed by atoms with Gasteiger partial charge in [0.15, 0.2) is 5.82 Å². The van der Waals surface area contributed by atoms with E-state index in [1.165, 1.54) is 0 Å². The Morgan fingerprint density at radius 2 is 2.00 bits per heavy atom. The zero-order valence-corrected chi connectivity index (χ0v) is 19.4. The molecule has 0 aromatic carbocycles. The van der Waals surface area contributed by atoms with Gasteiger partial charge < -0.3 is 20.1 Å². The van der Waals surface area contributed by atoms with Crippen molar-refractivity contribution in [2.75, 3.05) is 57.1 Å². The van der Waals surface area contributed by atoms with Crippen molar-refractivity contribution >= 4 is 22.8 Å². The van der Waals surface area contributed by atoms with Crippen LogP contribution in [0.4, 0.5) is 17.3 Å². The third-order valence-corrected chi connectivity index (χ3v) is 5.74. The van der Waals surface area contributed by atoms with Crippen molar-refractivity contribution in [3.63, 3.8) is 0 Å². The first kappa shape index (κ1) is 22.1. The highest BCUT2D eigenvalue weighted by atomic mass is 16.5. The normalized spacial score (nSPS) is 14.3. The SMILES string of the molecule is COc1cccc(-c2nc(Nc3ccnc(NCCN4CCOCC4)c3)c3c(C)ccn3n2)n1. The van der Waals surface area contributed by atoms with E-state index in [4.69, 9.17) is 14.5 Å². The number of nitrogens with one attached hydrogen (secondary N) is 2. The van der Waals surface area contributed by atoms with Gasteiger partial charge in [-0.15, -0.1) is 5.10 Å². The first-order valence-electron chi connectivity index (χ1n) is 11.3. The molecule has 4 aromatic heterocycles. The number of hydrogen-bond donors (Lipinski definition) is 2. The van der Waals surface area contributed by atoms with E-state index in [1.807, 2.05) is 48.0 Å². The van der Waals surface area contributed by atoms with Crippen LogP contribution in [0.3, 0.4) is 0 Å². The number of pyridine rings is 2. The molecule has 4 aromatic rings. The molecular formula is C24H28N8O2. The lowest BCUT2D eigenvalue weighted by molar-refractivity contribution is 0.0398. The van der Waals surface area contributed by atoms with E-state index in [9.17, 15) is 0 Å². The number of aromatic nitrogens is 5. The zero-order valence-electron chi connectivity index (χ0n) is 19.4. The van der Waals surface area contributed by atoms with Crippen LogP contribution in [0.1, 0.15) is 5.56 Å². The number of rotatable bonds is 8. The lowest BCUT2D eigenvalue weighted by Gasteiger charge is -2.26. The summed E-state index contributed by atoms with van der Waals surface area (Å²) in [5.41, 5.74) is 3.50. The molecule has 0 unspecified atom stereocenters. The van der Waals surface area contributed by atoms with E-state index in [0.29, 0.717) is 23.2 Å². The molecule has 1 fully saturated rings. The highest BCUT2D eigenvalue weighted by molar-refractivity contribution is 5.78. The molecular weight excluding hydrogens is 432 g/mol. The van der Waals surface area contributed by atoms with Crippen molar-refractivity contribution in [1.82, 2.24) is 29.5 Å². The summed E-state index contributed by atoms with van der Waals surface area (Å²) in [5, 5.41) is 11.5. The van der Waals surface area contributed by atoms with Crippen LogP contribution >= 0.6 is 0 Å². The number of anilines is 3. The molecule has 34 heavy (non-hydrogen) atoms. The van der Waals surface area contributed by atoms with E-state index in [2.05, 4.69) is 30.6 Å². The maximum absolute atomic E-state index is 5.41. The molecule has 0 atom stereocenters. The number of morpholine rings is 1. The molecule has 2 N–H and O–H groups in total. The molecule has 0 amide bonds. The summed E-state index contributed by atoms with van der Waals surface area (Å²) in [5.74, 6) is 2.52. The van der Waals surface area contributed by atoms with Crippen LogP contribution < -0.4 is 15.4 Å². The zero-order chi connectivity index (χ0) is 23.3. The minimum Gasteiger partial charge on any atom is -0.481 e. The number of methoxy groups -OCH3 is 1. The van der Waals surface area contributed by atoms with Crippen molar-refractivity contribution < 1.29 is 9.47 Å². The third kappa shape index (κ3) is 4.92. The molecule has 10 nitrogen and oxygen atoms in total. The fraction of sp³-hybridized carbons (Fsp3) is 0.333. The first-order valence-corrected chi connectivity index (χ1v) is 11.3. The summed E-state index contributed by atoms with van der Waals surface area (Å²) >= 11 is 0. The molecule has 0 aliphatic carbocycles. The molecule has 0 radical (unpaired) electrons. The molecule has 0 saturated carbocycles. The largest absolute Gasteiger partial charge is 0.481 e. The van der Waals surface area contributed by atoms with Crippen molar-refractivity contribution in [3.05, 3.63) is 54.4 Å². The van der Waals surface area contributed by atoms with Crippen LogP contribution in [-0.4, -0.2) is 76.0 Å².